The number of hydrogen-bond acceptors (Lipinski definition) is 2. The van der Waals surface area contributed by atoms with E-state index in [1.807, 2.05) is 0 Å². The van der Waals surface area contributed by atoms with Gasteiger partial charge in [0.1, 0.15) is 0 Å². The predicted molar refractivity (Wildman–Crippen MR) is 134 cm³/mol. The maximum Gasteiger partial charge on any atom is 0.416 e. The lowest BCUT2D eigenvalue weighted by molar-refractivity contribution is -0.144. The maximum atomic E-state index is 13.5. The van der Waals surface area contributed by atoms with Crippen molar-refractivity contribution in [2.24, 2.45) is 0 Å². The van der Waals surface area contributed by atoms with Gasteiger partial charge in [-0.25, -0.2) is 0 Å². The van der Waals surface area contributed by atoms with Crippen LogP contribution in [-0.2, 0) is 29.4 Å². The smallest absolute Gasteiger partial charge is 0.416 e. The molecule has 0 spiro atoms. The van der Waals surface area contributed by atoms with Crippen molar-refractivity contribution >= 4 is 12.9 Å². The van der Waals surface area contributed by atoms with Gasteiger partial charge in [0.25, 0.3) is 0 Å². The van der Waals surface area contributed by atoms with Crippen molar-refractivity contribution in [2.75, 3.05) is 0 Å². The van der Waals surface area contributed by atoms with Crippen molar-refractivity contribution in [3.05, 3.63) is 76.9 Å². The summed E-state index contributed by atoms with van der Waals surface area (Å²) in [6.07, 6.45) is -20.9. The van der Waals surface area contributed by atoms with E-state index in [0.29, 0.717) is 24.3 Å². The van der Waals surface area contributed by atoms with Crippen LogP contribution in [-0.4, -0.2) is 23.8 Å². The molecule has 0 aliphatic carbocycles. The highest BCUT2D eigenvalue weighted by Crippen LogP contribution is 2.41. The molecule has 0 fully saturated rings. The van der Waals surface area contributed by atoms with Gasteiger partial charge in [-0.05, 0) is 92.4 Å². The van der Waals surface area contributed by atoms with E-state index < -0.39 is 80.4 Å². The first-order chi connectivity index (χ1) is 19.2. The van der Waals surface area contributed by atoms with Gasteiger partial charge >= 0.3 is 32.2 Å². The van der Waals surface area contributed by atoms with Crippen molar-refractivity contribution in [3.8, 4) is 22.3 Å². The molecule has 1 N–H and O–H groups in total. The largest absolute Gasteiger partial charge is 0.427 e. The molecular weight excluding hydrogens is 607 g/mol. The third-order valence-corrected chi connectivity index (χ3v) is 6.76. The van der Waals surface area contributed by atoms with Gasteiger partial charge in [-0.2, -0.15) is 52.7 Å². The normalized spacial score (nSPS) is 13.8. The molecule has 2 nitrogen and oxygen atoms in total. The van der Waals surface area contributed by atoms with Crippen LogP contribution in [0.4, 0.5) is 52.7 Å². The minimum atomic E-state index is -5.23. The highest BCUT2D eigenvalue weighted by atomic mass is 19.4. The molecule has 233 valence electrons. The quantitative estimate of drug-likeness (QED) is 0.218. The minimum absolute atomic E-state index is 0.127. The lowest BCUT2D eigenvalue weighted by Gasteiger charge is -2.37. The molecule has 0 heterocycles. The highest BCUT2D eigenvalue weighted by molar-refractivity contribution is 6.47. The fourth-order valence-corrected chi connectivity index (χ4v) is 3.66. The van der Waals surface area contributed by atoms with Gasteiger partial charge in [0.2, 0.25) is 0 Å². The van der Waals surface area contributed by atoms with Crippen LogP contribution in [0.3, 0.4) is 0 Å². The molecule has 3 aromatic rings. The summed E-state index contributed by atoms with van der Waals surface area (Å²) >= 11 is 0. The van der Waals surface area contributed by atoms with Crippen LogP contribution < -0.4 is 5.46 Å². The molecule has 0 amide bonds. The summed E-state index contributed by atoms with van der Waals surface area (Å²) in [6.45, 7) is 5.59. The van der Waals surface area contributed by atoms with Crippen LogP contribution in [0, 0.1) is 0 Å². The lowest BCUT2D eigenvalue weighted by atomic mass is 9.80. The Hall–Kier alpha value is -3.20. The number of halogens is 12. The Bertz CT molecular complexity index is 1320. The average Bonchev–Trinajstić information content (AvgIpc) is 2.84. The topological polar surface area (TPSA) is 29.5 Å². The van der Waals surface area contributed by atoms with E-state index in [0.717, 1.165) is 25.7 Å². The molecule has 1 radical (unpaired) electrons. The Morgan fingerprint density at radius 1 is 0.465 bits per heavy atom. The van der Waals surface area contributed by atoms with Crippen LogP contribution in [0.1, 0.15) is 49.9 Å². The Morgan fingerprint density at radius 2 is 0.744 bits per heavy atom. The van der Waals surface area contributed by atoms with Crippen LogP contribution in [0.25, 0.3) is 22.3 Å². The molecule has 0 saturated carbocycles. The van der Waals surface area contributed by atoms with E-state index >= 15 is 0 Å². The number of benzene rings is 3. The number of alkyl halides is 12. The van der Waals surface area contributed by atoms with Crippen LogP contribution in [0.15, 0.2) is 54.6 Å². The summed E-state index contributed by atoms with van der Waals surface area (Å²) in [4.78, 5) is 0. The molecule has 0 aromatic heterocycles. The molecule has 0 saturated heterocycles. The second-order valence-electron chi connectivity index (χ2n) is 10.7. The Kier molecular flexibility index (Phi) is 8.82. The number of hydrogen-bond donors (Lipinski definition) is 1. The van der Waals surface area contributed by atoms with Gasteiger partial charge < -0.3 is 9.76 Å². The van der Waals surface area contributed by atoms with E-state index in [4.69, 9.17) is 4.65 Å². The van der Waals surface area contributed by atoms with E-state index in [1.165, 1.54) is 27.7 Å². The van der Waals surface area contributed by atoms with Crippen molar-refractivity contribution in [1.29, 1.82) is 0 Å². The SMILES string of the molecule is CC(C)(O)C(C)(C)O[B]c1cc(-c2cc(C(F)(F)F)cc(C(F)(F)F)c2)cc(-c2cc(C(F)(F)F)cc(C(F)(F)F)c2)c1. The second kappa shape index (κ2) is 11.1. The molecule has 0 unspecified atom stereocenters. The zero-order chi connectivity index (χ0) is 33.0. The molecule has 0 aliphatic heterocycles. The first-order valence-electron chi connectivity index (χ1n) is 12.2. The standard InChI is InChI=1S/C28H22BF12O2/c1-23(2,42)24(3,4)43-29-22-10-14(16-6-18(25(30,31)32)12-19(7-16)26(33,34)35)5-15(11-22)17-8-20(27(36,37)38)13-21(9-17)28(39,40)41/h5-13,42H,1-4H3. The van der Waals surface area contributed by atoms with Gasteiger partial charge in [0.15, 0.2) is 0 Å². The number of aliphatic hydroxyl groups is 1. The van der Waals surface area contributed by atoms with Crippen molar-refractivity contribution in [2.45, 2.75) is 63.6 Å². The fraction of sp³-hybridized carbons (Fsp3) is 0.357. The van der Waals surface area contributed by atoms with Crippen LogP contribution >= 0.6 is 0 Å². The summed E-state index contributed by atoms with van der Waals surface area (Å²) < 4.78 is 168. The van der Waals surface area contributed by atoms with Gasteiger partial charge in [-0.15, -0.1) is 0 Å². The van der Waals surface area contributed by atoms with E-state index in [-0.39, 0.29) is 17.6 Å². The van der Waals surface area contributed by atoms with Crippen molar-refractivity contribution in [1.82, 2.24) is 0 Å². The Labute approximate surface area is 238 Å². The summed E-state index contributed by atoms with van der Waals surface area (Å²) in [7, 11) is 0.932. The lowest BCUT2D eigenvalue weighted by Crippen LogP contribution is -2.49. The average molecular weight is 629 g/mol. The van der Waals surface area contributed by atoms with E-state index in [1.54, 1.807) is 0 Å². The molecule has 15 heteroatoms. The molecule has 0 bridgehead atoms. The van der Waals surface area contributed by atoms with Gasteiger partial charge in [0, 0.05) is 0 Å². The first-order valence-corrected chi connectivity index (χ1v) is 12.2. The molecule has 3 rings (SSSR count). The predicted octanol–water partition coefficient (Wildman–Crippen LogP) is 8.91. The third-order valence-electron chi connectivity index (χ3n) is 6.76. The molecule has 3 aromatic carbocycles. The van der Waals surface area contributed by atoms with Crippen LogP contribution in [0.2, 0.25) is 0 Å². The van der Waals surface area contributed by atoms with Crippen molar-refractivity contribution in [3.63, 3.8) is 0 Å². The molecule has 0 aliphatic rings. The molecular formula is C28H22BF12O2. The summed E-state index contributed by atoms with van der Waals surface area (Å²) in [5.41, 5.74) is -11.9. The van der Waals surface area contributed by atoms with Crippen molar-refractivity contribution < 1.29 is 62.4 Å². The second-order valence-corrected chi connectivity index (χ2v) is 10.7. The van der Waals surface area contributed by atoms with E-state index in [2.05, 4.69) is 0 Å². The summed E-state index contributed by atoms with van der Waals surface area (Å²) in [5, 5.41) is 10.3. The zero-order valence-corrected chi connectivity index (χ0v) is 22.7. The summed E-state index contributed by atoms with van der Waals surface area (Å²) in [5.74, 6) is 0. The Balaban J connectivity index is 2.34. The van der Waals surface area contributed by atoms with E-state index in [9.17, 15) is 57.8 Å². The van der Waals surface area contributed by atoms with Gasteiger partial charge in [-0.3, -0.25) is 0 Å². The Morgan fingerprint density at radius 3 is 1.00 bits per heavy atom. The zero-order valence-electron chi connectivity index (χ0n) is 22.7. The molecule has 43 heavy (non-hydrogen) atoms. The molecule has 0 atom stereocenters. The van der Waals surface area contributed by atoms with Gasteiger partial charge in [0.05, 0.1) is 33.5 Å². The van der Waals surface area contributed by atoms with Gasteiger partial charge in [-0.1, -0.05) is 17.6 Å². The fourth-order valence-electron chi connectivity index (χ4n) is 3.66. The minimum Gasteiger partial charge on any atom is -0.427 e. The first kappa shape index (κ1) is 34.3. The monoisotopic (exact) mass is 629 g/mol. The number of rotatable bonds is 6. The maximum absolute atomic E-state index is 13.5. The highest BCUT2D eigenvalue weighted by Gasteiger charge is 2.39. The third kappa shape index (κ3) is 8.25. The van der Waals surface area contributed by atoms with Crippen LogP contribution in [0.5, 0.6) is 0 Å². The summed E-state index contributed by atoms with van der Waals surface area (Å²) in [6, 6.07) is 4.16.